The molecule has 1 aromatic carbocycles. The van der Waals surface area contributed by atoms with Crippen LogP contribution in [-0.2, 0) is 0 Å². The lowest BCUT2D eigenvalue weighted by Crippen LogP contribution is -2.08. The minimum atomic E-state index is 0.681. The Morgan fingerprint density at radius 1 is 1.22 bits per heavy atom. The molecule has 0 aliphatic heterocycles. The molecule has 2 rings (SSSR count). The minimum absolute atomic E-state index is 0.681. The first-order chi connectivity index (χ1) is 8.56. The Hall–Kier alpha value is -2.23. The van der Waals surface area contributed by atoms with Gasteiger partial charge in [-0.05, 0) is 36.8 Å². The predicted molar refractivity (Wildman–Crippen MR) is 77.4 cm³/mol. The number of pyridine rings is 1. The van der Waals surface area contributed by atoms with Crippen LogP contribution in [0.4, 0.5) is 22.9 Å². The molecule has 0 aliphatic carbocycles. The molecule has 1 aromatic heterocycles. The molecule has 94 valence electrons. The fourth-order valence-corrected chi connectivity index (χ4v) is 1.73. The van der Waals surface area contributed by atoms with Gasteiger partial charge in [0.1, 0.15) is 5.82 Å². The van der Waals surface area contributed by atoms with Crippen molar-refractivity contribution in [3.8, 4) is 0 Å². The van der Waals surface area contributed by atoms with Crippen LogP contribution in [0, 0.1) is 6.92 Å². The molecule has 0 bridgehead atoms. The summed E-state index contributed by atoms with van der Waals surface area (Å²) in [5, 5.41) is 3.30. The van der Waals surface area contributed by atoms with Gasteiger partial charge in [-0.3, -0.25) is 0 Å². The molecule has 0 saturated heterocycles. The highest BCUT2D eigenvalue weighted by atomic mass is 15.1. The number of hydrogen-bond acceptors (Lipinski definition) is 4. The third kappa shape index (κ3) is 2.71. The highest BCUT2D eigenvalue weighted by Gasteiger charge is 2.02. The number of hydrogen-bond donors (Lipinski definition) is 2. The van der Waals surface area contributed by atoms with Crippen LogP contribution in [0.25, 0.3) is 0 Å². The summed E-state index contributed by atoms with van der Waals surface area (Å²) in [6.07, 6.45) is 1.66. The van der Waals surface area contributed by atoms with Crippen LogP contribution >= 0.6 is 0 Å². The van der Waals surface area contributed by atoms with Crippen molar-refractivity contribution < 1.29 is 0 Å². The number of nitrogens with two attached hydrogens (primary N) is 1. The second-order valence-electron chi connectivity index (χ2n) is 4.50. The first kappa shape index (κ1) is 12.2. The number of nitrogens with one attached hydrogen (secondary N) is 1. The first-order valence-corrected chi connectivity index (χ1v) is 5.83. The van der Waals surface area contributed by atoms with E-state index in [4.69, 9.17) is 5.73 Å². The van der Waals surface area contributed by atoms with E-state index >= 15 is 0 Å². The smallest absolute Gasteiger partial charge is 0.133 e. The van der Waals surface area contributed by atoms with Gasteiger partial charge >= 0.3 is 0 Å². The van der Waals surface area contributed by atoms with E-state index in [2.05, 4.69) is 27.3 Å². The molecule has 0 amide bonds. The van der Waals surface area contributed by atoms with Crippen molar-refractivity contribution in [2.24, 2.45) is 0 Å². The molecule has 0 spiro atoms. The zero-order chi connectivity index (χ0) is 13.1. The fraction of sp³-hybridized carbons (Fsp3) is 0.214. The highest BCUT2D eigenvalue weighted by molar-refractivity contribution is 5.65. The van der Waals surface area contributed by atoms with Crippen LogP contribution < -0.4 is 16.0 Å². The number of nitrogens with zero attached hydrogens (tertiary/aromatic N) is 2. The number of aryl methyl sites for hydroxylation is 1. The van der Waals surface area contributed by atoms with Gasteiger partial charge in [-0.2, -0.15) is 0 Å². The molecule has 0 fully saturated rings. The Balaban J connectivity index is 2.25. The third-order valence-corrected chi connectivity index (χ3v) is 2.72. The second-order valence-corrected chi connectivity index (χ2v) is 4.50. The Labute approximate surface area is 107 Å². The van der Waals surface area contributed by atoms with Crippen molar-refractivity contribution >= 4 is 22.9 Å². The maximum atomic E-state index is 5.69. The van der Waals surface area contributed by atoms with Gasteiger partial charge in [0.15, 0.2) is 0 Å². The van der Waals surface area contributed by atoms with E-state index in [0.717, 1.165) is 22.8 Å². The molecular formula is C14H18N4. The molecular weight excluding hydrogens is 224 g/mol. The third-order valence-electron chi connectivity index (χ3n) is 2.72. The lowest BCUT2D eigenvalue weighted by atomic mass is 10.2. The van der Waals surface area contributed by atoms with Gasteiger partial charge in [-0.1, -0.05) is 6.07 Å². The summed E-state index contributed by atoms with van der Waals surface area (Å²) in [5.74, 6) is 0.833. The van der Waals surface area contributed by atoms with Gasteiger partial charge in [0, 0.05) is 25.5 Å². The minimum Gasteiger partial charge on any atom is -0.397 e. The van der Waals surface area contributed by atoms with Crippen molar-refractivity contribution in [2.75, 3.05) is 30.0 Å². The van der Waals surface area contributed by atoms with Gasteiger partial charge in [0.25, 0.3) is 0 Å². The summed E-state index contributed by atoms with van der Waals surface area (Å²) in [6, 6.07) is 10.1. The van der Waals surface area contributed by atoms with E-state index in [9.17, 15) is 0 Å². The number of anilines is 4. The molecule has 4 nitrogen and oxygen atoms in total. The first-order valence-electron chi connectivity index (χ1n) is 5.83. The van der Waals surface area contributed by atoms with Gasteiger partial charge in [0.2, 0.25) is 0 Å². The molecule has 18 heavy (non-hydrogen) atoms. The van der Waals surface area contributed by atoms with E-state index in [1.807, 2.05) is 39.2 Å². The fourth-order valence-electron chi connectivity index (χ4n) is 1.73. The van der Waals surface area contributed by atoms with Crippen LogP contribution in [-0.4, -0.2) is 19.1 Å². The molecule has 0 atom stereocenters. The summed E-state index contributed by atoms with van der Waals surface area (Å²) in [4.78, 5) is 6.36. The quantitative estimate of drug-likeness (QED) is 0.869. The van der Waals surface area contributed by atoms with Gasteiger partial charge in [-0.25, -0.2) is 4.98 Å². The standard InChI is InChI=1S/C14H18N4/c1-10-7-11(15)9-16-14(10)17-12-5-4-6-13(8-12)18(2)3/h4-9H,15H2,1-3H3,(H,16,17). The van der Waals surface area contributed by atoms with Crippen molar-refractivity contribution in [2.45, 2.75) is 6.92 Å². The van der Waals surface area contributed by atoms with Crippen LogP contribution in [0.15, 0.2) is 36.5 Å². The number of rotatable bonds is 3. The van der Waals surface area contributed by atoms with Crippen LogP contribution in [0.5, 0.6) is 0 Å². The molecule has 2 aromatic rings. The molecule has 0 radical (unpaired) electrons. The van der Waals surface area contributed by atoms with Gasteiger partial charge in [0.05, 0.1) is 11.9 Å². The van der Waals surface area contributed by atoms with E-state index in [-0.39, 0.29) is 0 Å². The number of aromatic nitrogens is 1. The molecule has 0 aliphatic rings. The maximum Gasteiger partial charge on any atom is 0.133 e. The molecule has 0 saturated carbocycles. The lowest BCUT2D eigenvalue weighted by molar-refractivity contribution is 1.13. The van der Waals surface area contributed by atoms with E-state index in [1.165, 1.54) is 0 Å². The zero-order valence-electron chi connectivity index (χ0n) is 10.9. The van der Waals surface area contributed by atoms with E-state index in [0.29, 0.717) is 5.69 Å². The summed E-state index contributed by atoms with van der Waals surface area (Å²) in [5.41, 5.74) is 9.56. The number of benzene rings is 1. The maximum absolute atomic E-state index is 5.69. The largest absolute Gasteiger partial charge is 0.397 e. The van der Waals surface area contributed by atoms with Crippen molar-refractivity contribution in [1.82, 2.24) is 4.98 Å². The van der Waals surface area contributed by atoms with Crippen LogP contribution in [0.1, 0.15) is 5.56 Å². The topological polar surface area (TPSA) is 54.2 Å². The Kier molecular flexibility index (Phi) is 3.37. The van der Waals surface area contributed by atoms with Gasteiger partial charge < -0.3 is 16.0 Å². The summed E-state index contributed by atoms with van der Waals surface area (Å²) >= 11 is 0. The number of nitrogen functional groups attached to an aromatic ring is 1. The molecule has 0 unspecified atom stereocenters. The SMILES string of the molecule is Cc1cc(N)cnc1Nc1cccc(N(C)C)c1. The zero-order valence-corrected chi connectivity index (χ0v) is 10.9. The molecule has 1 heterocycles. The Morgan fingerprint density at radius 3 is 2.67 bits per heavy atom. The molecule has 3 N–H and O–H groups in total. The van der Waals surface area contributed by atoms with Crippen LogP contribution in [0.2, 0.25) is 0 Å². The average molecular weight is 242 g/mol. The van der Waals surface area contributed by atoms with E-state index in [1.54, 1.807) is 6.20 Å². The Bertz CT molecular complexity index is 549. The second kappa shape index (κ2) is 4.96. The van der Waals surface area contributed by atoms with Crippen LogP contribution in [0.3, 0.4) is 0 Å². The van der Waals surface area contributed by atoms with Gasteiger partial charge in [-0.15, -0.1) is 0 Å². The normalized spacial score (nSPS) is 10.2. The highest BCUT2D eigenvalue weighted by Crippen LogP contribution is 2.22. The molecule has 4 heteroatoms. The summed E-state index contributed by atoms with van der Waals surface area (Å²) < 4.78 is 0. The monoisotopic (exact) mass is 242 g/mol. The van der Waals surface area contributed by atoms with Crippen molar-refractivity contribution in [3.63, 3.8) is 0 Å². The Morgan fingerprint density at radius 2 is 2.00 bits per heavy atom. The van der Waals surface area contributed by atoms with Crippen molar-refractivity contribution in [1.29, 1.82) is 0 Å². The average Bonchev–Trinajstić information content (AvgIpc) is 2.33. The van der Waals surface area contributed by atoms with E-state index < -0.39 is 0 Å². The predicted octanol–water partition coefficient (Wildman–Crippen LogP) is 2.78. The lowest BCUT2D eigenvalue weighted by Gasteiger charge is -2.15. The summed E-state index contributed by atoms with van der Waals surface area (Å²) in [6.45, 7) is 1.99. The van der Waals surface area contributed by atoms with Crippen molar-refractivity contribution in [3.05, 3.63) is 42.1 Å². The summed E-state index contributed by atoms with van der Waals surface area (Å²) in [7, 11) is 4.04.